The van der Waals surface area contributed by atoms with Gasteiger partial charge in [-0.3, -0.25) is 14.4 Å². The van der Waals surface area contributed by atoms with Crippen LogP contribution in [0.3, 0.4) is 0 Å². The van der Waals surface area contributed by atoms with Crippen LogP contribution in [-0.2, 0) is 13.0 Å². The highest BCUT2D eigenvalue weighted by Crippen LogP contribution is 2.21. The highest BCUT2D eigenvalue weighted by Gasteiger charge is 2.27. The molecule has 0 fully saturated rings. The number of aromatic nitrogens is 2. The van der Waals surface area contributed by atoms with Crippen LogP contribution in [0.4, 0.5) is 4.39 Å². The smallest absolute Gasteiger partial charge is 0.278 e. The monoisotopic (exact) mass is 468 g/mol. The van der Waals surface area contributed by atoms with Crippen LogP contribution in [0.25, 0.3) is 5.52 Å². The second-order valence-electron chi connectivity index (χ2n) is 8.19. The second-order valence-corrected chi connectivity index (χ2v) is 8.60. The molecule has 1 aromatic carbocycles. The molecular weight excluding hydrogens is 446 g/mol. The summed E-state index contributed by atoms with van der Waals surface area (Å²) in [5.74, 6) is -1.56. The van der Waals surface area contributed by atoms with Gasteiger partial charge in [-0.25, -0.2) is 4.39 Å². The number of halogens is 3. The van der Waals surface area contributed by atoms with Gasteiger partial charge in [-0.1, -0.05) is 32.4 Å². The molecule has 0 aliphatic carbocycles. The number of carbonyl (C=O) groups is 1. The Hall–Kier alpha value is -2.64. The normalized spacial score (nSPS) is 11.4. The average molecular weight is 469 g/mol. The largest absolute Gasteiger partial charge is 0.503 e. The van der Waals surface area contributed by atoms with Gasteiger partial charge in [-0.05, 0) is 36.6 Å². The van der Waals surface area contributed by atoms with Gasteiger partial charge in [0.05, 0.1) is 5.56 Å². The molecule has 0 bridgehead atoms. The van der Waals surface area contributed by atoms with Crippen LogP contribution in [0.15, 0.2) is 46.4 Å². The summed E-state index contributed by atoms with van der Waals surface area (Å²) < 4.78 is 16.0. The minimum absolute atomic E-state index is 0. The van der Waals surface area contributed by atoms with Crippen molar-refractivity contribution in [2.24, 2.45) is 5.41 Å². The summed E-state index contributed by atoms with van der Waals surface area (Å²) >= 11 is 6.06. The van der Waals surface area contributed by atoms with Crippen molar-refractivity contribution >= 4 is 35.3 Å². The Labute approximate surface area is 189 Å². The predicted octanol–water partition coefficient (Wildman–Crippen LogP) is 4.24. The number of Topliss-reactive ketones (excluding diaryl/α,β-unsaturated/α-hetero) is 1. The molecule has 0 aliphatic heterocycles. The van der Waals surface area contributed by atoms with Gasteiger partial charge < -0.3 is 14.1 Å². The highest BCUT2D eigenvalue weighted by atomic mass is 35.5. The van der Waals surface area contributed by atoms with E-state index in [1.54, 1.807) is 20.8 Å². The maximum atomic E-state index is 13.4. The van der Waals surface area contributed by atoms with Gasteiger partial charge in [0.2, 0.25) is 5.43 Å². The number of benzene rings is 1. The number of hydrogen-bond donors (Lipinski definition) is 1. The van der Waals surface area contributed by atoms with Crippen molar-refractivity contribution in [2.45, 2.75) is 40.2 Å². The molecule has 1 N–H and O–H groups in total. The molecule has 0 radical (unpaired) electrons. The van der Waals surface area contributed by atoms with E-state index in [2.05, 4.69) is 0 Å². The van der Waals surface area contributed by atoms with Gasteiger partial charge in [-0.2, -0.15) is 0 Å². The fraction of sp³-hybridized carbons (Fsp3) is 0.318. The lowest BCUT2D eigenvalue weighted by Gasteiger charge is -2.17. The first-order chi connectivity index (χ1) is 14.0. The Bertz CT molecular complexity index is 1260. The van der Waals surface area contributed by atoms with E-state index in [1.165, 1.54) is 45.8 Å². The van der Waals surface area contributed by atoms with Gasteiger partial charge >= 0.3 is 0 Å². The molecule has 2 aromatic heterocycles. The number of nitrogens with zero attached hydrogens (tertiary/aromatic N) is 2. The molecule has 2 heterocycles. The molecule has 3 aromatic rings. The van der Waals surface area contributed by atoms with Gasteiger partial charge in [-0.15, -0.1) is 12.4 Å². The van der Waals surface area contributed by atoms with Crippen LogP contribution >= 0.6 is 24.0 Å². The van der Waals surface area contributed by atoms with Crippen LogP contribution in [0.1, 0.15) is 43.1 Å². The first-order valence-corrected chi connectivity index (χ1v) is 9.84. The molecule has 0 saturated carbocycles. The lowest BCUT2D eigenvalue weighted by molar-refractivity contribution is 0.0856. The zero-order valence-corrected chi connectivity index (χ0v) is 18.9. The minimum Gasteiger partial charge on any atom is -0.503 e. The van der Waals surface area contributed by atoms with Crippen LogP contribution in [0.5, 0.6) is 5.75 Å². The number of pyridine rings is 1. The van der Waals surface area contributed by atoms with E-state index in [4.69, 9.17) is 11.6 Å². The molecule has 6 nitrogen and oxygen atoms in total. The quantitative estimate of drug-likeness (QED) is 0.567. The number of aryl methyl sites for hydroxylation is 2. The van der Waals surface area contributed by atoms with E-state index >= 15 is 0 Å². The third-order valence-electron chi connectivity index (χ3n) is 4.86. The topological polar surface area (TPSA) is 80.8 Å². The fourth-order valence-electron chi connectivity index (χ4n) is 3.22. The molecule has 0 aliphatic rings. The standard InChI is InChI=1S/C22H22ClFN2O4.ClH/c1-22(2,3)20(29)15-12-26-10-9-25(21(30)17(26)19(28)18(15)27)8-4-5-13-11-14(24)6-7-16(13)23;/h6-7,9-12,28H,4-5,8H2,1-3H3;1H. The van der Waals surface area contributed by atoms with Crippen molar-refractivity contribution in [1.82, 2.24) is 8.97 Å². The highest BCUT2D eigenvalue weighted by molar-refractivity contribution is 6.31. The number of ketones is 1. The summed E-state index contributed by atoms with van der Waals surface area (Å²) in [5.41, 5.74) is -1.97. The van der Waals surface area contributed by atoms with Gasteiger partial charge in [0.1, 0.15) is 5.82 Å². The molecular formula is C22H23Cl2FN2O4. The Morgan fingerprint density at radius 3 is 2.52 bits per heavy atom. The van der Waals surface area contributed by atoms with E-state index in [1.807, 2.05) is 0 Å². The third kappa shape index (κ3) is 4.99. The zero-order valence-electron chi connectivity index (χ0n) is 17.3. The second kappa shape index (κ2) is 9.24. The van der Waals surface area contributed by atoms with E-state index in [0.717, 1.165) is 0 Å². The lowest BCUT2D eigenvalue weighted by atomic mass is 9.87. The first kappa shape index (κ1) is 24.6. The Morgan fingerprint density at radius 2 is 1.87 bits per heavy atom. The minimum atomic E-state index is -0.865. The van der Waals surface area contributed by atoms with E-state index in [-0.39, 0.29) is 35.8 Å². The van der Waals surface area contributed by atoms with Crippen molar-refractivity contribution in [3.63, 3.8) is 0 Å². The van der Waals surface area contributed by atoms with Crippen molar-refractivity contribution in [2.75, 3.05) is 0 Å². The van der Waals surface area contributed by atoms with Gasteiger partial charge in [0.15, 0.2) is 17.0 Å². The summed E-state index contributed by atoms with van der Waals surface area (Å²) in [4.78, 5) is 37.9. The number of hydrogen-bond acceptors (Lipinski definition) is 4. The first-order valence-electron chi connectivity index (χ1n) is 9.47. The molecule has 0 saturated heterocycles. The molecule has 3 rings (SSSR count). The lowest BCUT2D eigenvalue weighted by Crippen LogP contribution is -2.29. The Morgan fingerprint density at radius 1 is 1.19 bits per heavy atom. The van der Waals surface area contributed by atoms with E-state index in [9.17, 15) is 23.9 Å². The molecule has 0 atom stereocenters. The maximum absolute atomic E-state index is 13.4. The zero-order chi connectivity index (χ0) is 22.2. The third-order valence-corrected chi connectivity index (χ3v) is 5.23. The van der Waals surface area contributed by atoms with E-state index < -0.39 is 27.9 Å². The van der Waals surface area contributed by atoms with Crippen molar-refractivity contribution in [3.05, 3.63) is 79.3 Å². The van der Waals surface area contributed by atoms with Gasteiger partial charge in [0.25, 0.3) is 5.56 Å². The molecule has 0 spiro atoms. The number of carbonyl (C=O) groups excluding carboxylic acids is 1. The number of fused-ring (bicyclic) bond motifs is 1. The molecule has 0 amide bonds. The van der Waals surface area contributed by atoms with Crippen molar-refractivity contribution in [1.29, 1.82) is 0 Å². The summed E-state index contributed by atoms with van der Waals surface area (Å²) in [6.45, 7) is 5.29. The van der Waals surface area contributed by atoms with Crippen LogP contribution < -0.4 is 11.0 Å². The maximum Gasteiger partial charge on any atom is 0.278 e. The Kier molecular flexibility index (Phi) is 7.34. The molecule has 31 heavy (non-hydrogen) atoms. The SMILES string of the molecule is CC(C)(C)C(=O)c1cn2ccn(CCCc3cc(F)ccc3Cl)c(=O)c2c(O)c1=O.Cl. The summed E-state index contributed by atoms with van der Waals surface area (Å²) in [6.07, 6.45) is 5.24. The van der Waals surface area contributed by atoms with E-state index in [0.29, 0.717) is 23.4 Å². The summed E-state index contributed by atoms with van der Waals surface area (Å²) in [6, 6.07) is 4.11. The van der Waals surface area contributed by atoms with Crippen molar-refractivity contribution in [3.8, 4) is 5.75 Å². The number of aromatic hydroxyl groups is 1. The predicted molar refractivity (Wildman–Crippen MR) is 120 cm³/mol. The Balaban J connectivity index is 0.00000341. The molecule has 166 valence electrons. The fourth-order valence-corrected chi connectivity index (χ4v) is 3.43. The van der Waals surface area contributed by atoms with Gasteiger partial charge in [0, 0.05) is 35.6 Å². The molecule has 0 unspecified atom stereocenters. The average Bonchev–Trinajstić information content (AvgIpc) is 2.67. The van der Waals surface area contributed by atoms with Crippen molar-refractivity contribution < 1.29 is 14.3 Å². The van der Waals surface area contributed by atoms with Crippen LogP contribution in [-0.4, -0.2) is 19.9 Å². The molecule has 9 heteroatoms. The summed E-state index contributed by atoms with van der Waals surface area (Å²) in [5, 5.41) is 10.8. The van der Waals surface area contributed by atoms with Crippen LogP contribution in [0, 0.1) is 11.2 Å². The number of rotatable bonds is 5. The van der Waals surface area contributed by atoms with Crippen LogP contribution in [0.2, 0.25) is 5.02 Å². The summed E-state index contributed by atoms with van der Waals surface area (Å²) in [7, 11) is 0.